The van der Waals surface area contributed by atoms with Crippen molar-refractivity contribution in [2.24, 2.45) is 5.73 Å². The van der Waals surface area contributed by atoms with Crippen LogP contribution in [0.3, 0.4) is 0 Å². The third-order valence-corrected chi connectivity index (χ3v) is 2.95. The van der Waals surface area contributed by atoms with Gasteiger partial charge in [0.2, 0.25) is 0 Å². The van der Waals surface area contributed by atoms with E-state index in [2.05, 4.69) is 60.0 Å². The molecule has 0 aliphatic carbocycles. The van der Waals surface area contributed by atoms with Gasteiger partial charge >= 0.3 is 0 Å². The van der Waals surface area contributed by atoms with Gasteiger partial charge in [-0.15, -0.1) is 0 Å². The van der Waals surface area contributed by atoms with E-state index in [1.807, 2.05) is 6.07 Å². The molecule has 0 amide bonds. The molecule has 0 spiro atoms. The summed E-state index contributed by atoms with van der Waals surface area (Å²) in [5.74, 6) is 0. The monoisotopic (exact) mass is 270 g/mol. The van der Waals surface area contributed by atoms with Crippen molar-refractivity contribution in [3.05, 3.63) is 34.3 Å². The second-order valence-corrected chi connectivity index (χ2v) is 5.16. The van der Waals surface area contributed by atoms with Crippen molar-refractivity contribution in [3.63, 3.8) is 0 Å². The van der Waals surface area contributed by atoms with E-state index >= 15 is 0 Å². The van der Waals surface area contributed by atoms with Gasteiger partial charge in [0.05, 0.1) is 0 Å². The van der Waals surface area contributed by atoms with E-state index in [1.165, 1.54) is 5.56 Å². The largest absolute Gasteiger partial charge is 0.328 e. The molecule has 0 fully saturated rings. The molecule has 2 N–H and O–H groups in total. The maximum atomic E-state index is 5.87. The van der Waals surface area contributed by atoms with Crippen LogP contribution in [0.1, 0.15) is 24.9 Å². The van der Waals surface area contributed by atoms with Crippen LogP contribution < -0.4 is 5.73 Å². The van der Waals surface area contributed by atoms with Crippen LogP contribution >= 0.6 is 15.9 Å². The van der Waals surface area contributed by atoms with Crippen molar-refractivity contribution in [2.45, 2.75) is 25.4 Å². The molecule has 2 unspecified atom stereocenters. The van der Waals surface area contributed by atoms with Crippen LogP contribution in [0.2, 0.25) is 0 Å². The van der Waals surface area contributed by atoms with Crippen LogP contribution in [-0.4, -0.2) is 25.0 Å². The SMILES string of the molecule is CC(N)CC(c1cccc(Br)c1)N(C)C. The lowest BCUT2D eigenvalue weighted by molar-refractivity contribution is 0.272. The Hall–Kier alpha value is -0.380. The molecule has 1 aromatic carbocycles. The number of rotatable bonds is 4. The van der Waals surface area contributed by atoms with Crippen molar-refractivity contribution < 1.29 is 0 Å². The molecular weight excluding hydrogens is 252 g/mol. The highest BCUT2D eigenvalue weighted by molar-refractivity contribution is 9.10. The minimum Gasteiger partial charge on any atom is -0.328 e. The summed E-state index contributed by atoms with van der Waals surface area (Å²) in [6.45, 7) is 2.05. The summed E-state index contributed by atoms with van der Waals surface area (Å²) in [6, 6.07) is 9.03. The van der Waals surface area contributed by atoms with Crippen LogP contribution in [0.4, 0.5) is 0 Å². The number of hydrogen-bond acceptors (Lipinski definition) is 2. The molecular formula is C12H19BrN2. The first-order valence-electron chi connectivity index (χ1n) is 5.18. The Morgan fingerprint density at radius 1 is 1.40 bits per heavy atom. The first-order valence-corrected chi connectivity index (χ1v) is 5.97. The Bertz CT molecular complexity index is 310. The third kappa shape index (κ3) is 3.93. The molecule has 0 saturated carbocycles. The summed E-state index contributed by atoms with van der Waals surface area (Å²) >= 11 is 3.50. The summed E-state index contributed by atoms with van der Waals surface area (Å²) in [4.78, 5) is 2.21. The molecule has 0 aliphatic rings. The van der Waals surface area contributed by atoms with Crippen LogP contribution in [0.5, 0.6) is 0 Å². The number of hydrogen-bond donors (Lipinski definition) is 1. The molecule has 0 saturated heterocycles. The quantitative estimate of drug-likeness (QED) is 0.912. The zero-order valence-electron chi connectivity index (χ0n) is 9.57. The zero-order valence-corrected chi connectivity index (χ0v) is 11.2. The topological polar surface area (TPSA) is 29.3 Å². The van der Waals surface area contributed by atoms with E-state index in [0.29, 0.717) is 6.04 Å². The van der Waals surface area contributed by atoms with Crippen molar-refractivity contribution in [2.75, 3.05) is 14.1 Å². The minimum absolute atomic E-state index is 0.219. The van der Waals surface area contributed by atoms with Gasteiger partial charge in [-0.2, -0.15) is 0 Å². The van der Waals surface area contributed by atoms with Gasteiger partial charge in [0, 0.05) is 16.6 Å². The summed E-state index contributed by atoms with van der Waals surface area (Å²) in [7, 11) is 4.18. The van der Waals surface area contributed by atoms with Crippen LogP contribution in [0.15, 0.2) is 28.7 Å². The lowest BCUT2D eigenvalue weighted by Gasteiger charge is -2.26. The smallest absolute Gasteiger partial charge is 0.0357 e. The average Bonchev–Trinajstić information content (AvgIpc) is 2.13. The Morgan fingerprint density at radius 3 is 2.53 bits per heavy atom. The van der Waals surface area contributed by atoms with Gasteiger partial charge < -0.3 is 10.6 Å². The van der Waals surface area contributed by atoms with Gasteiger partial charge in [-0.25, -0.2) is 0 Å². The van der Waals surface area contributed by atoms with Crippen molar-refractivity contribution in [1.29, 1.82) is 0 Å². The van der Waals surface area contributed by atoms with E-state index in [1.54, 1.807) is 0 Å². The molecule has 84 valence electrons. The molecule has 1 aromatic rings. The fourth-order valence-corrected chi connectivity index (χ4v) is 2.13. The summed E-state index contributed by atoms with van der Waals surface area (Å²) in [5, 5.41) is 0. The van der Waals surface area contributed by atoms with Crippen LogP contribution in [0, 0.1) is 0 Å². The molecule has 1 rings (SSSR count). The fraction of sp³-hybridized carbons (Fsp3) is 0.500. The summed E-state index contributed by atoms with van der Waals surface area (Å²) in [5.41, 5.74) is 7.18. The van der Waals surface area contributed by atoms with Gasteiger partial charge in [0.1, 0.15) is 0 Å². The average molecular weight is 271 g/mol. The van der Waals surface area contributed by atoms with Crippen LogP contribution in [-0.2, 0) is 0 Å². The molecule has 0 aliphatic heterocycles. The predicted molar refractivity (Wildman–Crippen MR) is 68.8 cm³/mol. The van der Waals surface area contributed by atoms with Gasteiger partial charge in [-0.05, 0) is 45.1 Å². The molecule has 2 atom stereocenters. The van der Waals surface area contributed by atoms with Gasteiger partial charge in [-0.1, -0.05) is 28.1 Å². The number of benzene rings is 1. The summed E-state index contributed by atoms with van der Waals surface area (Å²) in [6.07, 6.45) is 0.976. The number of halogens is 1. The maximum Gasteiger partial charge on any atom is 0.0357 e. The molecule has 2 nitrogen and oxygen atoms in total. The normalized spacial score (nSPS) is 15.3. The first kappa shape index (κ1) is 12.7. The molecule has 15 heavy (non-hydrogen) atoms. The van der Waals surface area contributed by atoms with Gasteiger partial charge in [0.25, 0.3) is 0 Å². The maximum absolute atomic E-state index is 5.87. The van der Waals surface area contributed by atoms with E-state index in [0.717, 1.165) is 10.9 Å². The molecule has 0 radical (unpaired) electrons. The van der Waals surface area contributed by atoms with Gasteiger partial charge in [0.15, 0.2) is 0 Å². The number of nitrogens with zero attached hydrogens (tertiary/aromatic N) is 1. The number of nitrogens with two attached hydrogens (primary N) is 1. The predicted octanol–water partition coefficient (Wildman–Crippen LogP) is 2.79. The van der Waals surface area contributed by atoms with E-state index < -0.39 is 0 Å². The highest BCUT2D eigenvalue weighted by atomic mass is 79.9. The molecule has 0 heterocycles. The lowest BCUT2D eigenvalue weighted by atomic mass is 9.99. The second-order valence-electron chi connectivity index (χ2n) is 4.25. The first-order chi connectivity index (χ1) is 7.00. The van der Waals surface area contributed by atoms with Crippen LogP contribution in [0.25, 0.3) is 0 Å². The van der Waals surface area contributed by atoms with E-state index in [-0.39, 0.29) is 6.04 Å². The fourth-order valence-electron chi connectivity index (χ4n) is 1.71. The van der Waals surface area contributed by atoms with Crippen molar-refractivity contribution >= 4 is 15.9 Å². The van der Waals surface area contributed by atoms with E-state index in [9.17, 15) is 0 Å². The molecule has 3 heteroatoms. The van der Waals surface area contributed by atoms with E-state index in [4.69, 9.17) is 5.73 Å². The Kier molecular flexibility index (Phi) is 4.77. The Balaban J connectivity index is 2.88. The van der Waals surface area contributed by atoms with Crippen molar-refractivity contribution in [3.8, 4) is 0 Å². The highest BCUT2D eigenvalue weighted by Crippen LogP contribution is 2.25. The minimum atomic E-state index is 0.219. The highest BCUT2D eigenvalue weighted by Gasteiger charge is 2.15. The molecule has 0 aromatic heterocycles. The third-order valence-electron chi connectivity index (χ3n) is 2.45. The standard InChI is InChI=1S/C12H19BrN2/c1-9(14)7-12(15(2)3)10-5-4-6-11(13)8-10/h4-6,8-9,12H,7,14H2,1-3H3. The summed E-state index contributed by atoms with van der Waals surface area (Å²) < 4.78 is 1.12. The van der Waals surface area contributed by atoms with Gasteiger partial charge in [-0.3, -0.25) is 0 Å². The zero-order chi connectivity index (χ0) is 11.4. The van der Waals surface area contributed by atoms with Crippen molar-refractivity contribution in [1.82, 2.24) is 4.90 Å². The molecule has 0 bridgehead atoms. The Morgan fingerprint density at radius 2 is 2.07 bits per heavy atom. The second kappa shape index (κ2) is 5.64. The Labute approximate surface area is 101 Å². The lowest BCUT2D eigenvalue weighted by Crippen LogP contribution is -2.27.